The fraction of sp³-hybridized carbons (Fsp3) is 0.562. The van der Waals surface area contributed by atoms with Crippen LogP contribution >= 0.6 is 11.6 Å². The molecule has 0 saturated heterocycles. The van der Waals surface area contributed by atoms with Crippen molar-refractivity contribution in [2.24, 2.45) is 5.92 Å². The lowest BCUT2D eigenvalue weighted by atomic mass is 10.0. The normalized spacial score (nSPS) is 13.9. The van der Waals surface area contributed by atoms with Crippen molar-refractivity contribution in [2.45, 2.75) is 52.7 Å². The standard InChI is InChI=1S/C16H24ClNO2/c1-11(2)8-9-12(3)18-16(19)13(4)20-15-7-5-6-14(17)10-15/h5-7,10-13H,8-9H2,1-4H3,(H,18,19). The number of rotatable bonds is 7. The molecule has 1 aromatic rings. The van der Waals surface area contributed by atoms with Gasteiger partial charge in [-0.2, -0.15) is 0 Å². The Morgan fingerprint density at radius 3 is 2.55 bits per heavy atom. The zero-order valence-electron chi connectivity index (χ0n) is 12.7. The van der Waals surface area contributed by atoms with E-state index >= 15 is 0 Å². The van der Waals surface area contributed by atoms with E-state index in [0.717, 1.165) is 12.8 Å². The van der Waals surface area contributed by atoms with Crippen molar-refractivity contribution >= 4 is 17.5 Å². The monoisotopic (exact) mass is 297 g/mol. The van der Waals surface area contributed by atoms with Gasteiger partial charge in [0.05, 0.1) is 0 Å². The highest BCUT2D eigenvalue weighted by Crippen LogP contribution is 2.18. The third kappa shape index (κ3) is 6.29. The average molecular weight is 298 g/mol. The summed E-state index contributed by atoms with van der Waals surface area (Å²) in [6.07, 6.45) is 1.55. The van der Waals surface area contributed by atoms with Gasteiger partial charge in [0, 0.05) is 11.1 Å². The van der Waals surface area contributed by atoms with Crippen molar-refractivity contribution < 1.29 is 9.53 Å². The van der Waals surface area contributed by atoms with E-state index < -0.39 is 6.10 Å². The van der Waals surface area contributed by atoms with E-state index in [2.05, 4.69) is 19.2 Å². The predicted molar refractivity (Wildman–Crippen MR) is 83.2 cm³/mol. The van der Waals surface area contributed by atoms with E-state index in [9.17, 15) is 4.79 Å². The van der Waals surface area contributed by atoms with Crippen LogP contribution in [0.1, 0.15) is 40.5 Å². The maximum absolute atomic E-state index is 12.0. The molecule has 0 aromatic heterocycles. The third-order valence-corrected chi connectivity index (χ3v) is 3.28. The maximum atomic E-state index is 12.0. The number of ether oxygens (including phenoxy) is 1. The highest BCUT2D eigenvalue weighted by Gasteiger charge is 2.17. The molecular weight excluding hydrogens is 274 g/mol. The Balaban J connectivity index is 2.42. The minimum atomic E-state index is -0.532. The van der Waals surface area contributed by atoms with Crippen LogP contribution in [0.15, 0.2) is 24.3 Å². The van der Waals surface area contributed by atoms with Crippen LogP contribution in [0.25, 0.3) is 0 Å². The molecule has 0 spiro atoms. The van der Waals surface area contributed by atoms with Crippen LogP contribution in [-0.2, 0) is 4.79 Å². The van der Waals surface area contributed by atoms with Crippen LogP contribution in [0.4, 0.5) is 0 Å². The summed E-state index contributed by atoms with van der Waals surface area (Å²) in [5.41, 5.74) is 0. The molecule has 0 aliphatic rings. The van der Waals surface area contributed by atoms with Crippen LogP contribution in [0.2, 0.25) is 5.02 Å². The Hall–Kier alpha value is -1.22. The number of benzene rings is 1. The van der Waals surface area contributed by atoms with Crippen molar-refractivity contribution in [3.05, 3.63) is 29.3 Å². The first-order chi connectivity index (χ1) is 9.38. The molecule has 0 saturated carbocycles. The van der Waals surface area contributed by atoms with Crippen LogP contribution in [0.3, 0.4) is 0 Å². The van der Waals surface area contributed by atoms with Crippen molar-refractivity contribution in [2.75, 3.05) is 0 Å². The lowest BCUT2D eigenvalue weighted by Gasteiger charge is -2.19. The van der Waals surface area contributed by atoms with Gasteiger partial charge in [-0.05, 0) is 50.8 Å². The van der Waals surface area contributed by atoms with Crippen LogP contribution in [0.5, 0.6) is 5.75 Å². The van der Waals surface area contributed by atoms with Gasteiger partial charge in [0.15, 0.2) is 6.10 Å². The SMILES string of the molecule is CC(C)CCC(C)NC(=O)C(C)Oc1cccc(Cl)c1. The number of halogens is 1. The summed E-state index contributed by atoms with van der Waals surface area (Å²) in [4.78, 5) is 12.0. The van der Waals surface area contributed by atoms with Crippen LogP contribution in [-0.4, -0.2) is 18.1 Å². The number of amides is 1. The van der Waals surface area contributed by atoms with E-state index in [1.165, 1.54) is 0 Å². The zero-order chi connectivity index (χ0) is 15.1. The minimum Gasteiger partial charge on any atom is -0.481 e. The van der Waals surface area contributed by atoms with Crippen molar-refractivity contribution in [3.8, 4) is 5.75 Å². The first kappa shape index (κ1) is 16.8. The van der Waals surface area contributed by atoms with Gasteiger partial charge >= 0.3 is 0 Å². The van der Waals surface area contributed by atoms with Crippen molar-refractivity contribution in [3.63, 3.8) is 0 Å². The van der Waals surface area contributed by atoms with Gasteiger partial charge in [-0.15, -0.1) is 0 Å². The highest BCUT2D eigenvalue weighted by atomic mass is 35.5. The molecule has 112 valence electrons. The van der Waals surface area contributed by atoms with Gasteiger partial charge < -0.3 is 10.1 Å². The second kappa shape index (κ2) is 8.15. The lowest BCUT2D eigenvalue weighted by Crippen LogP contribution is -2.41. The van der Waals surface area contributed by atoms with E-state index in [4.69, 9.17) is 16.3 Å². The molecule has 0 fully saturated rings. The quantitative estimate of drug-likeness (QED) is 0.824. The van der Waals surface area contributed by atoms with Gasteiger partial charge in [-0.1, -0.05) is 31.5 Å². The summed E-state index contributed by atoms with van der Waals surface area (Å²) < 4.78 is 5.59. The number of hydrogen-bond donors (Lipinski definition) is 1. The molecule has 1 rings (SSSR count). The molecule has 3 nitrogen and oxygen atoms in total. The van der Waals surface area contributed by atoms with Crippen molar-refractivity contribution in [1.29, 1.82) is 0 Å². The first-order valence-electron chi connectivity index (χ1n) is 7.11. The second-order valence-electron chi connectivity index (χ2n) is 5.60. The van der Waals surface area contributed by atoms with Gasteiger partial charge in [0.25, 0.3) is 5.91 Å². The summed E-state index contributed by atoms with van der Waals surface area (Å²) in [5.74, 6) is 1.16. The molecule has 0 aliphatic carbocycles. The van der Waals surface area contributed by atoms with Gasteiger partial charge in [0.2, 0.25) is 0 Å². The highest BCUT2D eigenvalue weighted by molar-refractivity contribution is 6.30. The first-order valence-corrected chi connectivity index (χ1v) is 7.49. The number of nitrogens with one attached hydrogen (secondary N) is 1. The Labute approximate surface area is 126 Å². The minimum absolute atomic E-state index is 0.0961. The smallest absolute Gasteiger partial charge is 0.260 e. The fourth-order valence-electron chi connectivity index (χ4n) is 1.81. The Morgan fingerprint density at radius 2 is 1.95 bits per heavy atom. The van der Waals surface area contributed by atoms with Gasteiger partial charge in [-0.3, -0.25) is 4.79 Å². The molecule has 20 heavy (non-hydrogen) atoms. The summed E-state index contributed by atoms with van der Waals surface area (Å²) in [5, 5.41) is 3.57. The molecule has 1 aromatic carbocycles. The maximum Gasteiger partial charge on any atom is 0.260 e. The molecule has 2 unspecified atom stereocenters. The second-order valence-corrected chi connectivity index (χ2v) is 6.03. The van der Waals surface area contributed by atoms with Crippen molar-refractivity contribution in [1.82, 2.24) is 5.32 Å². The van der Waals surface area contributed by atoms with E-state index in [1.54, 1.807) is 31.2 Å². The Bertz CT molecular complexity index is 434. The molecule has 0 bridgehead atoms. The summed E-state index contributed by atoms with van der Waals surface area (Å²) in [6.45, 7) is 8.12. The molecule has 0 radical (unpaired) electrons. The average Bonchev–Trinajstić information content (AvgIpc) is 2.36. The van der Waals surface area contributed by atoms with Crippen LogP contribution in [0, 0.1) is 5.92 Å². The van der Waals surface area contributed by atoms with E-state index in [1.807, 2.05) is 6.92 Å². The summed E-state index contributed by atoms with van der Waals surface area (Å²) >= 11 is 5.88. The molecule has 1 amide bonds. The molecular formula is C16H24ClNO2. The molecule has 4 heteroatoms. The zero-order valence-corrected chi connectivity index (χ0v) is 13.4. The topological polar surface area (TPSA) is 38.3 Å². The molecule has 0 aliphatic heterocycles. The fourth-order valence-corrected chi connectivity index (χ4v) is 1.99. The van der Waals surface area contributed by atoms with Gasteiger partial charge in [0.1, 0.15) is 5.75 Å². The van der Waals surface area contributed by atoms with E-state index in [-0.39, 0.29) is 11.9 Å². The number of hydrogen-bond acceptors (Lipinski definition) is 2. The Morgan fingerprint density at radius 1 is 1.25 bits per heavy atom. The summed E-state index contributed by atoms with van der Waals surface area (Å²) in [6, 6.07) is 7.22. The number of carbonyl (C=O) groups is 1. The van der Waals surface area contributed by atoms with Crippen LogP contribution < -0.4 is 10.1 Å². The summed E-state index contributed by atoms with van der Waals surface area (Å²) in [7, 11) is 0. The number of carbonyl (C=O) groups excluding carboxylic acids is 1. The third-order valence-electron chi connectivity index (χ3n) is 3.04. The molecule has 1 N–H and O–H groups in total. The lowest BCUT2D eigenvalue weighted by molar-refractivity contribution is -0.127. The van der Waals surface area contributed by atoms with Gasteiger partial charge in [-0.25, -0.2) is 0 Å². The Kier molecular flexibility index (Phi) is 6.86. The molecule has 0 heterocycles. The van der Waals surface area contributed by atoms with E-state index in [0.29, 0.717) is 16.7 Å². The molecule has 2 atom stereocenters. The predicted octanol–water partition coefficient (Wildman–Crippen LogP) is 4.05. The largest absolute Gasteiger partial charge is 0.481 e.